The van der Waals surface area contributed by atoms with Gasteiger partial charge in [-0.2, -0.15) is 0 Å². The molecule has 13 nitrogen and oxygen atoms in total. The highest BCUT2D eigenvalue weighted by Gasteiger charge is 2.45. The summed E-state index contributed by atoms with van der Waals surface area (Å²) in [5.74, 6) is -2.96. The summed E-state index contributed by atoms with van der Waals surface area (Å²) in [6.45, 7) is 8.03. The Morgan fingerprint density at radius 3 is 1.39 bits per heavy atom. The molecular weight excluding hydrogens is 484 g/mol. The molecule has 0 amide bonds. The van der Waals surface area contributed by atoms with Crippen LogP contribution in [0.1, 0.15) is 53.9 Å². The lowest BCUT2D eigenvalue weighted by atomic mass is 9.87. The van der Waals surface area contributed by atoms with Crippen molar-refractivity contribution in [3.05, 3.63) is 0 Å². The van der Waals surface area contributed by atoms with Crippen LogP contribution in [-0.4, -0.2) is 116 Å². The first-order valence-electron chi connectivity index (χ1n) is 12.1. The molecule has 0 radical (unpaired) electrons. The fourth-order valence-corrected chi connectivity index (χ4v) is 3.94. The van der Waals surface area contributed by atoms with Crippen LogP contribution in [0.15, 0.2) is 0 Å². The predicted molar refractivity (Wildman–Crippen MR) is 122 cm³/mol. The van der Waals surface area contributed by atoms with E-state index >= 15 is 0 Å². The van der Waals surface area contributed by atoms with E-state index < -0.39 is 79.6 Å². The summed E-state index contributed by atoms with van der Waals surface area (Å²) in [6.07, 6.45) is -9.93. The van der Waals surface area contributed by atoms with Crippen molar-refractivity contribution >= 4 is 11.9 Å². The maximum Gasteiger partial charge on any atom is 0.306 e. The summed E-state index contributed by atoms with van der Waals surface area (Å²) in [7, 11) is 0. The maximum absolute atomic E-state index is 11.5. The number of ether oxygens (including phenoxy) is 4. The summed E-state index contributed by atoms with van der Waals surface area (Å²) < 4.78 is 19.9. The molecule has 2 fully saturated rings. The minimum absolute atomic E-state index is 0.187. The molecule has 0 bridgehead atoms. The second kappa shape index (κ2) is 15.1. The molecule has 36 heavy (non-hydrogen) atoms. The van der Waals surface area contributed by atoms with Crippen LogP contribution in [0.2, 0.25) is 0 Å². The highest BCUT2D eigenvalue weighted by atomic mass is 16.6. The fourth-order valence-electron chi connectivity index (χ4n) is 3.94. The molecule has 212 valence electrons. The first kappa shape index (κ1) is 32.6. The van der Waals surface area contributed by atoms with Crippen LogP contribution in [0.5, 0.6) is 0 Å². The van der Waals surface area contributed by atoms with Gasteiger partial charge >= 0.3 is 11.9 Å². The molecule has 2 heterocycles. The zero-order valence-corrected chi connectivity index (χ0v) is 21.3. The fraction of sp³-hybridized carbons (Fsp3) is 0.913. The number of aliphatic hydroxyl groups excluding tert-OH is 7. The lowest BCUT2D eigenvalue weighted by molar-refractivity contribution is -0.271. The molecule has 10 atom stereocenters. The van der Waals surface area contributed by atoms with Gasteiger partial charge < -0.3 is 54.7 Å². The molecule has 2 aliphatic heterocycles. The van der Waals surface area contributed by atoms with Crippen molar-refractivity contribution in [3.8, 4) is 0 Å². The van der Waals surface area contributed by atoms with Gasteiger partial charge in [-0.1, -0.05) is 6.92 Å². The normalized spacial score (nSPS) is 36.7. The second-order valence-corrected chi connectivity index (χ2v) is 9.50. The van der Waals surface area contributed by atoms with Crippen LogP contribution in [0.3, 0.4) is 0 Å². The Morgan fingerprint density at radius 2 is 1.06 bits per heavy atom. The summed E-state index contributed by atoms with van der Waals surface area (Å²) in [4.78, 5) is 22.9. The average Bonchev–Trinajstić information content (AvgIpc) is 2.78. The van der Waals surface area contributed by atoms with E-state index in [4.69, 9.17) is 24.1 Å². The topological polar surface area (TPSA) is 213 Å². The van der Waals surface area contributed by atoms with Crippen molar-refractivity contribution in [2.75, 3.05) is 6.61 Å². The first-order valence-corrected chi connectivity index (χ1v) is 12.1. The van der Waals surface area contributed by atoms with Crippen molar-refractivity contribution in [3.63, 3.8) is 0 Å². The van der Waals surface area contributed by atoms with Crippen molar-refractivity contribution in [1.82, 2.24) is 0 Å². The molecule has 0 aliphatic carbocycles. The molecule has 7 unspecified atom stereocenters. The van der Waals surface area contributed by atoms with Gasteiger partial charge in [0.25, 0.3) is 0 Å². The highest BCUT2D eigenvalue weighted by Crippen LogP contribution is 2.29. The van der Waals surface area contributed by atoms with Crippen LogP contribution < -0.4 is 0 Å². The van der Waals surface area contributed by atoms with Gasteiger partial charge in [0, 0.05) is 11.8 Å². The molecule has 0 aromatic rings. The van der Waals surface area contributed by atoms with Crippen LogP contribution in [0.4, 0.5) is 0 Å². The summed E-state index contributed by atoms with van der Waals surface area (Å²) >= 11 is 0. The maximum atomic E-state index is 11.5. The molecule has 2 rings (SSSR count). The van der Waals surface area contributed by atoms with Crippen LogP contribution in [-0.2, 0) is 28.5 Å². The van der Waals surface area contributed by atoms with Gasteiger partial charge in [0.15, 0.2) is 12.6 Å². The van der Waals surface area contributed by atoms with Gasteiger partial charge in [-0.05, 0) is 34.1 Å². The number of hydrogen-bond donors (Lipinski definition) is 7. The molecule has 0 aromatic carbocycles. The second-order valence-electron chi connectivity index (χ2n) is 9.50. The number of hydrogen-bond acceptors (Lipinski definition) is 13. The Labute approximate surface area is 210 Å². The quantitative estimate of drug-likeness (QED) is 0.174. The number of rotatable bonds is 8. The van der Waals surface area contributed by atoms with E-state index in [1.54, 1.807) is 34.6 Å². The minimum atomic E-state index is -1.43. The van der Waals surface area contributed by atoms with Crippen molar-refractivity contribution in [2.45, 2.75) is 115 Å². The standard InChI is InChI=1S/C12H22O6.C11H20O7/c1-4-8-11(15)10(14)7(12(16)18-8)5-9(13)17-6(2)3;1-5(2)17-8(13)3-6-9(14)10(15)7(4-12)18-11(6)16/h6-8,10-12,14-16H,4-5H2,1-3H3;5-7,9-12,14-16H,3-4H2,1-2H3/t;6?,7-,9-,10-,11?/m.1/s1. The molecule has 2 saturated heterocycles. The third-order valence-corrected chi connectivity index (χ3v) is 5.82. The van der Waals surface area contributed by atoms with E-state index in [9.17, 15) is 40.2 Å². The Morgan fingerprint density at radius 1 is 0.694 bits per heavy atom. The number of carbonyl (C=O) groups excluding carboxylic acids is 2. The van der Waals surface area contributed by atoms with E-state index in [0.29, 0.717) is 6.42 Å². The SMILES string of the molecule is CC(C)OC(=O)CC1C(O)O[C@H](CO)[C@@H](O)[C@@H]1O.CCC1OC(O)C(CC(=O)OC(C)C)C(O)C1O. The van der Waals surface area contributed by atoms with Crippen LogP contribution in [0.25, 0.3) is 0 Å². The zero-order chi connectivity index (χ0) is 27.7. The minimum Gasteiger partial charge on any atom is -0.463 e. The van der Waals surface area contributed by atoms with Crippen molar-refractivity contribution in [1.29, 1.82) is 0 Å². The first-order chi connectivity index (χ1) is 16.7. The summed E-state index contributed by atoms with van der Waals surface area (Å²) in [5, 5.41) is 67.3. The molecule has 2 aliphatic rings. The van der Waals surface area contributed by atoms with Crippen LogP contribution in [0, 0.1) is 11.8 Å². The number of carbonyl (C=O) groups is 2. The van der Waals surface area contributed by atoms with E-state index in [1.165, 1.54) is 0 Å². The van der Waals surface area contributed by atoms with E-state index in [2.05, 4.69) is 0 Å². The third-order valence-electron chi connectivity index (χ3n) is 5.82. The molecule has 0 spiro atoms. The smallest absolute Gasteiger partial charge is 0.306 e. The third kappa shape index (κ3) is 9.47. The molecule has 0 saturated carbocycles. The predicted octanol–water partition coefficient (Wildman–Crippen LogP) is -1.83. The van der Waals surface area contributed by atoms with E-state index in [-0.39, 0.29) is 25.0 Å². The van der Waals surface area contributed by atoms with Gasteiger partial charge in [0.2, 0.25) is 0 Å². The Hall–Kier alpha value is -1.42. The zero-order valence-electron chi connectivity index (χ0n) is 21.3. The molecule has 0 aromatic heterocycles. The van der Waals surface area contributed by atoms with Gasteiger partial charge in [-0.25, -0.2) is 0 Å². The lowest BCUT2D eigenvalue weighted by Gasteiger charge is -2.40. The van der Waals surface area contributed by atoms with Crippen molar-refractivity contribution in [2.24, 2.45) is 11.8 Å². The Bertz CT molecular complexity index is 616. The van der Waals surface area contributed by atoms with Gasteiger partial charge in [-0.15, -0.1) is 0 Å². The molecule has 7 N–H and O–H groups in total. The highest BCUT2D eigenvalue weighted by molar-refractivity contribution is 5.70. The Balaban J connectivity index is 0.000000360. The van der Waals surface area contributed by atoms with Crippen molar-refractivity contribution < 1.29 is 64.3 Å². The Kier molecular flexibility index (Phi) is 13.7. The number of esters is 2. The molecule has 13 heteroatoms. The monoisotopic (exact) mass is 526 g/mol. The average molecular weight is 527 g/mol. The summed E-state index contributed by atoms with van der Waals surface area (Å²) in [5.41, 5.74) is 0. The van der Waals surface area contributed by atoms with Gasteiger partial charge in [-0.3, -0.25) is 9.59 Å². The van der Waals surface area contributed by atoms with E-state index in [1.807, 2.05) is 0 Å². The number of aliphatic hydroxyl groups is 7. The van der Waals surface area contributed by atoms with E-state index in [0.717, 1.165) is 0 Å². The lowest BCUT2D eigenvalue weighted by Crippen LogP contribution is -2.56. The van der Waals surface area contributed by atoms with Crippen LogP contribution >= 0.6 is 0 Å². The largest absolute Gasteiger partial charge is 0.463 e. The summed E-state index contributed by atoms with van der Waals surface area (Å²) in [6, 6.07) is 0. The molecular formula is C23H42O13. The van der Waals surface area contributed by atoms with Gasteiger partial charge in [0.1, 0.15) is 18.3 Å². The van der Waals surface area contributed by atoms with Gasteiger partial charge in [0.05, 0.1) is 50.0 Å².